The SMILES string of the molecule is C=C/C=C\c1cc(C2=CN=C(CCCCCCC(=C)CC)C2)c(F)cc1N(C)C.NC(=O)C1=NCC2(CCNCC2)C1. The molecule has 1 amide bonds. The molecule has 228 valence electrons. The fraction of sp³-hybridized carbons (Fsp3) is 0.514. The van der Waals surface area contributed by atoms with Gasteiger partial charge in [-0.3, -0.25) is 14.8 Å². The van der Waals surface area contributed by atoms with Crippen LogP contribution in [0.4, 0.5) is 10.1 Å². The number of hydrogen-bond donors (Lipinski definition) is 2. The minimum absolute atomic E-state index is 0.191. The molecule has 1 saturated heterocycles. The summed E-state index contributed by atoms with van der Waals surface area (Å²) in [5.41, 5.74) is 12.0. The van der Waals surface area contributed by atoms with E-state index in [1.165, 1.54) is 24.8 Å². The lowest BCUT2D eigenvalue weighted by Gasteiger charge is -2.32. The highest BCUT2D eigenvalue weighted by atomic mass is 19.1. The number of carbonyl (C=O) groups is 1. The maximum atomic E-state index is 14.8. The molecule has 42 heavy (non-hydrogen) atoms. The Morgan fingerprint density at radius 1 is 1.19 bits per heavy atom. The van der Waals surface area contributed by atoms with Crippen molar-refractivity contribution in [2.45, 2.75) is 77.6 Å². The molecule has 3 aliphatic heterocycles. The number of halogens is 1. The van der Waals surface area contributed by atoms with Crippen molar-refractivity contribution in [2.24, 2.45) is 21.1 Å². The summed E-state index contributed by atoms with van der Waals surface area (Å²) >= 11 is 0. The Kier molecular flexibility index (Phi) is 12.9. The summed E-state index contributed by atoms with van der Waals surface area (Å²) in [6.45, 7) is 12.8. The van der Waals surface area contributed by atoms with Crippen molar-refractivity contribution >= 4 is 34.7 Å². The van der Waals surface area contributed by atoms with Gasteiger partial charge in [0.2, 0.25) is 0 Å². The normalized spacial score (nSPS) is 17.4. The van der Waals surface area contributed by atoms with Gasteiger partial charge in [0.05, 0.1) is 5.71 Å². The second-order valence-electron chi connectivity index (χ2n) is 12.0. The van der Waals surface area contributed by atoms with Crippen LogP contribution >= 0.6 is 0 Å². The van der Waals surface area contributed by atoms with Crippen molar-refractivity contribution in [3.63, 3.8) is 0 Å². The number of nitrogens with zero attached hydrogens (tertiary/aromatic N) is 3. The molecule has 0 atom stereocenters. The van der Waals surface area contributed by atoms with Crippen molar-refractivity contribution in [2.75, 3.05) is 38.6 Å². The zero-order valence-electron chi connectivity index (χ0n) is 26.0. The second-order valence-corrected chi connectivity index (χ2v) is 12.0. The van der Waals surface area contributed by atoms with Gasteiger partial charge in [0, 0.05) is 56.6 Å². The van der Waals surface area contributed by atoms with Gasteiger partial charge in [0.25, 0.3) is 5.91 Å². The van der Waals surface area contributed by atoms with Crippen LogP contribution in [0.1, 0.15) is 88.7 Å². The third-order valence-corrected chi connectivity index (χ3v) is 8.50. The van der Waals surface area contributed by atoms with Crippen LogP contribution < -0.4 is 16.0 Å². The summed E-state index contributed by atoms with van der Waals surface area (Å²) in [7, 11) is 3.85. The van der Waals surface area contributed by atoms with Crippen molar-refractivity contribution < 1.29 is 9.18 Å². The molecule has 3 heterocycles. The van der Waals surface area contributed by atoms with Gasteiger partial charge in [-0.15, -0.1) is 0 Å². The van der Waals surface area contributed by atoms with Crippen LogP contribution in [0.25, 0.3) is 11.6 Å². The number of nitrogens with two attached hydrogens (primary N) is 1. The number of amides is 1. The van der Waals surface area contributed by atoms with E-state index in [9.17, 15) is 9.18 Å². The number of benzene rings is 1. The Bertz CT molecular complexity index is 1230. The van der Waals surface area contributed by atoms with Gasteiger partial charge in [-0.25, -0.2) is 4.39 Å². The van der Waals surface area contributed by atoms with Crippen LogP contribution in [-0.4, -0.2) is 51.1 Å². The van der Waals surface area contributed by atoms with E-state index in [4.69, 9.17) is 5.73 Å². The summed E-state index contributed by atoms with van der Waals surface area (Å²) in [5.74, 6) is -0.529. The fourth-order valence-corrected chi connectivity index (χ4v) is 5.74. The zero-order chi connectivity index (χ0) is 30.5. The minimum atomic E-state index is -0.338. The molecular formula is C35H50FN5O. The lowest BCUT2D eigenvalue weighted by Crippen LogP contribution is -2.38. The molecule has 1 aromatic rings. The molecule has 0 bridgehead atoms. The van der Waals surface area contributed by atoms with Gasteiger partial charge in [0.1, 0.15) is 5.82 Å². The first kappa shape index (κ1) is 33.2. The molecular weight excluding hydrogens is 525 g/mol. The Morgan fingerprint density at radius 2 is 1.93 bits per heavy atom. The van der Waals surface area contributed by atoms with Gasteiger partial charge >= 0.3 is 0 Å². The fourth-order valence-electron chi connectivity index (χ4n) is 5.74. The maximum Gasteiger partial charge on any atom is 0.262 e. The van der Waals surface area contributed by atoms with Crippen LogP contribution in [0.5, 0.6) is 0 Å². The summed E-state index contributed by atoms with van der Waals surface area (Å²) < 4.78 is 14.8. The summed E-state index contributed by atoms with van der Waals surface area (Å²) in [6, 6.07) is 3.54. The topological polar surface area (TPSA) is 83.1 Å². The zero-order valence-corrected chi connectivity index (χ0v) is 26.0. The third kappa shape index (κ3) is 9.62. The van der Waals surface area contributed by atoms with E-state index in [-0.39, 0.29) is 17.1 Å². The molecule has 3 N–H and O–H groups in total. The predicted molar refractivity (Wildman–Crippen MR) is 178 cm³/mol. The Labute approximate surface area is 252 Å². The van der Waals surface area contributed by atoms with Gasteiger partial charge in [0.15, 0.2) is 0 Å². The van der Waals surface area contributed by atoms with Crippen LogP contribution in [0.15, 0.2) is 59.2 Å². The molecule has 6 nitrogen and oxygen atoms in total. The number of allylic oxidation sites excluding steroid dienone is 4. The number of aliphatic imine (C=N–C) groups is 2. The van der Waals surface area contributed by atoms with E-state index >= 15 is 0 Å². The largest absolute Gasteiger partial charge is 0.377 e. The quantitative estimate of drug-likeness (QED) is 0.147. The molecule has 4 rings (SSSR count). The molecule has 0 saturated carbocycles. The first-order chi connectivity index (χ1) is 20.2. The maximum absolute atomic E-state index is 14.8. The van der Waals surface area contributed by atoms with Crippen molar-refractivity contribution in [3.8, 4) is 0 Å². The summed E-state index contributed by atoms with van der Waals surface area (Å²) in [6.07, 6.45) is 19.3. The van der Waals surface area contributed by atoms with Gasteiger partial charge < -0.3 is 16.0 Å². The van der Waals surface area contributed by atoms with E-state index in [1.54, 1.807) is 12.1 Å². The lowest BCUT2D eigenvalue weighted by atomic mass is 9.77. The van der Waals surface area contributed by atoms with Crippen LogP contribution in [0.3, 0.4) is 0 Å². The monoisotopic (exact) mass is 575 g/mol. The van der Waals surface area contributed by atoms with Crippen molar-refractivity contribution in [1.29, 1.82) is 0 Å². The summed E-state index contributed by atoms with van der Waals surface area (Å²) in [5, 5.41) is 3.31. The van der Waals surface area contributed by atoms with E-state index in [2.05, 4.69) is 35.4 Å². The molecule has 0 aromatic heterocycles. The highest BCUT2D eigenvalue weighted by Gasteiger charge is 2.38. The van der Waals surface area contributed by atoms with E-state index in [0.29, 0.717) is 11.3 Å². The Hall–Kier alpha value is -3.32. The van der Waals surface area contributed by atoms with Crippen molar-refractivity contribution in [3.05, 3.63) is 66.2 Å². The number of carbonyl (C=O) groups excluding carboxylic acids is 1. The smallest absolute Gasteiger partial charge is 0.262 e. The number of primary amides is 1. The minimum Gasteiger partial charge on any atom is -0.377 e. The molecule has 1 fully saturated rings. The van der Waals surface area contributed by atoms with Crippen LogP contribution in [-0.2, 0) is 4.79 Å². The Morgan fingerprint density at radius 3 is 2.57 bits per heavy atom. The number of unbranched alkanes of at least 4 members (excludes halogenated alkanes) is 3. The average Bonchev–Trinajstić information content (AvgIpc) is 3.62. The standard InChI is InChI=1S/C26H35FN2.C9H15N3O/c1-6-8-14-21-17-24(25(27)18-26(21)29(4)5)22-16-23(28-19-22)15-12-10-9-11-13-20(3)7-2;10-8(13)7-5-9(6-12-7)1-3-11-4-2-9/h6,8,14,17-19H,1,3,7,9-13,15-16H2,2,4-5H3;11H,1-6H2,(H2,10,13)/b14-8-;. The van der Waals surface area contributed by atoms with Gasteiger partial charge in [-0.2, -0.15) is 0 Å². The number of piperidine rings is 1. The summed E-state index contributed by atoms with van der Waals surface area (Å²) in [4.78, 5) is 21.6. The van der Waals surface area contributed by atoms with Crippen LogP contribution in [0, 0.1) is 11.2 Å². The number of rotatable bonds is 13. The molecule has 0 radical (unpaired) electrons. The predicted octanol–water partition coefficient (Wildman–Crippen LogP) is 7.27. The molecule has 1 aromatic carbocycles. The number of hydrogen-bond acceptors (Lipinski definition) is 5. The van der Waals surface area contributed by atoms with Crippen LogP contribution in [0.2, 0.25) is 0 Å². The van der Waals surface area contributed by atoms with E-state index < -0.39 is 0 Å². The second kappa shape index (κ2) is 16.4. The molecule has 0 aliphatic carbocycles. The van der Waals surface area contributed by atoms with E-state index in [1.807, 2.05) is 43.4 Å². The number of nitrogens with one attached hydrogen (secondary N) is 1. The highest BCUT2D eigenvalue weighted by molar-refractivity contribution is 6.38. The first-order valence-corrected chi connectivity index (χ1v) is 15.4. The highest BCUT2D eigenvalue weighted by Crippen LogP contribution is 2.37. The third-order valence-electron chi connectivity index (χ3n) is 8.50. The van der Waals surface area contributed by atoms with Crippen molar-refractivity contribution in [1.82, 2.24) is 5.32 Å². The van der Waals surface area contributed by atoms with E-state index in [0.717, 1.165) is 93.5 Å². The molecule has 0 unspecified atom stereocenters. The molecule has 7 heteroatoms. The average molecular weight is 576 g/mol. The lowest BCUT2D eigenvalue weighted by molar-refractivity contribution is -0.112. The Balaban J connectivity index is 0.000000307. The molecule has 1 spiro atoms. The first-order valence-electron chi connectivity index (χ1n) is 15.4. The van der Waals surface area contributed by atoms with Gasteiger partial charge in [-0.05, 0) is 86.7 Å². The van der Waals surface area contributed by atoms with Gasteiger partial charge in [-0.1, -0.05) is 56.7 Å². The number of anilines is 1. The molecule has 3 aliphatic rings.